The van der Waals surface area contributed by atoms with Gasteiger partial charge in [-0.2, -0.15) is 0 Å². The molecular formula is C28H29F2N3O2. The Morgan fingerprint density at radius 1 is 0.943 bits per heavy atom. The number of hydrogen-bond donors (Lipinski definition) is 2. The van der Waals surface area contributed by atoms with Gasteiger partial charge in [0.25, 0.3) is 0 Å². The Balaban J connectivity index is 1.35. The van der Waals surface area contributed by atoms with Crippen molar-refractivity contribution in [1.82, 2.24) is 9.80 Å². The molecule has 2 aliphatic rings. The first kappa shape index (κ1) is 23.5. The van der Waals surface area contributed by atoms with Gasteiger partial charge >= 0.3 is 6.03 Å². The second-order valence-electron chi connectivity index (χ2n) is 9.27. The van der Waals surface area contributed by atoms with Gasteiger partial charge in [-0.05, 0) is 60.8 Å². The molecule has 182 valence electrons. The van der Waals surface area contributed by atoms with Gasteiger partial charge in [-0.1, -0.05) is 42.5 Å². The average molecular weight is 478 g/mol. The van der Waals surface area contributed by atoms with E-state index in [1.807, 2.05) is 35.2 Å². The van der Waals surface area contributed by atoms with Crippen molar-refractivity contribution in [1.29, 1.82) is 0 Å². The van der Waals surface area contributed by atoms with E-state index in [1.165, 1.54) is 18.2 Å². The van der Waals surface area contributed by atoms with Gasteiger partial charge in [0.1, 0.15) is 11.6 Å². The summed E-state index contributed by atoms with van der Waals surface area (Å²) in [6, 6.07) is 20.2. The van der Waals surface area contributed by atoms with Crippen molar-refractivity contribution in [2.45, 2.75) is 30.8 Å². The number of rotatable bonds is 4. The zero-order valence-corrected chi connectivity index (χ0v) is 19.4. The molecule has 0 aromatic heterocycles. The van der Waals surface area contributed by atoms with Gasteiger partial charge in [-0.3, -0.25) is 4.90 Å². The van der Waals surface area contributed by atoms with E-state index in [-0.39, 0.29) is 42.3 Å². The molecule has 7 heteroatoms. The van der Waals surface area contributed by atoms with Gasteiger partial charge < -0.3 is 15.3 Å². The smallest absolute Gasteiger partial charge is 0.321 e. The fraction of sp³-hybridized carbons (Fsp3) is 0.321. The summed E-state index contributed by atoms with van der Waals surface area (Å²) in [5.41, 5.74) is 2.99. The highest BCUT2D eigenvalue weighted by Gasteiger charge is 2.49. The number of hydrogen-bond acceptors (Lipinski definition) is 3. The van der Waals surface area contributed by atoms with Gasteiger partial charge in [-0.15, -0.1) is 0 Å². The van der Waals surface area contributed by atoms with Crippen LogP contribution in [0, 0.1) is 11.6 Å². The van der Waals surface area contributed by atoms with Crippen LogP contribution < -0.4 is 5.32 Å². The van der Waals surface area contributed by atoms with Gasteiger partial charge in [0.05, 0.1) is 6.61 Å². The molecule has 3 aromatic carbocycles. The molecule has 0 unspecified atom stereocenters. The van der Waals surface area contributed by atoms with Crippen LogP contribution in [0.2, 0.25) is 0 Å². The lowest BCUT2D eigenvalue weighted by molar-refractivity contribution is -0.0585. The molecule has 3 atom stereocenters. The monoisotopic (exact) mass is 477 g/mol. The Hall–Kier alpha value is -3.29. The summed E-state index contributed by atoms with van der Waals surface area (Å²) in [6.45, 7) is 2.09. The maximum Gasteiger partial charge on any atom is 0.321 e. The number of halogens is 2. The summed E-state index contributed by atoms with van der Waals surface area (Å²) in [6.07, 6.45) is 1.81. The minimum atomic E-state index is -0.349. The number of carbonyl (C=O) groups is 1. The van der Waals surface area contributed by atoms with E-state index in [4.69, 9.17) is 0 Å². The number of aliphatic hydroxyl groups excluding tert-OH is 1. The fourth-order valence-electron chi connectivity index (χ4n) is 5.44. The standard InChI is InChI=1S/C28H29F2N3O2/c29-21-11-13-22(14-12-21)31-28(35)32-15-3-4-16-33-25(17-32)27(26(33)18-34)20-9-7-19(8-10-20)23-5-1-2-6-24(23)30/h1-2,5-14,25-27,34H,3-4,15-18H2,(H,31,35)/t25-,26-,27+/m0/s1. The molecular weight excluding hydrogens is 448 g/mol. The summed E-state index contributed by atoms with van der Waals surface area (Å²) in [7, 11) is 0. The first-order valence-electron chi connectivity index (χ1n) is 12.1. The average Bonchev–Trinajstić information content (AvgIpc) is 2.85. The predicted molar refractivity (Wildman–Crippen MR) is 132 cm³/mol. The molecule has 5 nitrogen and oxygen atoms in total. The van der Waals surface area contributed by atoms with Crippen molar-refractivity contribution in [3.63, 3.8) is 0 Å². The van der Waals surface area contributed by atoms with Crippen LogP contribution in [-0.4, -0.2) is 59.3 Å². The first-order valence-corrected chi connectivity index (χ1v) is 12.1. The first-order chi connectivity index (χ1) is 17.0. The lowest BCUT2D eigenvalue weighted by atomic mass is 9.74. The SMILES string of the molecule is O=C(Nc1ccc(F)cc1)N1CCCCN2[C@@H](CO)[C@H](c3ccc(-c4ccccc4F)cc3)[C@@H]2C1. The largest absolute Gasteiger partial charge is 0.395 e. The molecule has 0 spiro atoms. The second kappa shape index (κ2) is 10.1. The molecule has 0 radical (unpaired) electrons. The molecule has 2 heterocycles. The van der Waals surface area contributed by atoms with Crippen LogP contribution in [0.4, 0.5) is 19.3 Å². The minimum absolute atomic E-state index is 0.0144. The zero-order chi connectivity index (χ0) is 24.4. The van der Waals surface area contributed by atoms with Gasteiger partial charge in [-0.25, -0.2) is 13.6 Å². The normalized spacial score (nSPS) is 22.5. The summed E-state index contributed by atoms with van der Waals surface area (Å²) in [4.78, 5) is 17.2. The van der Waals surface area contributed by atoms with E-state index in [0.717, 1.165) is 30.5 Å². The third-order valence-electron chi connectivity index (χ3n) is 7.23. The number of nitrogens with one attached hydrogen (secondary N) is 1. The maximum atomic E-state index is 14.2. The van der Waals surface area contributed by atoms with Gasteiger partial charge in [0.2, 0.25) is 0 Å². The van der Waals surface area contributed by atoms with Crippen LogP contribution in [0.15, 0.2) is 72.8 Å². The van der Waals surface area contributed by atoms with E-state index >= 15 is 0 Å². The molecule has 0 saturated carbocycles. The van der Waals surface area contributed by atoms with Crippen molar-refractivity contribution in [3.8, 4) is 11.1 Å². The highest BCUT2D eigenvalue weighted by molar-refractivity contribution is 5.89. The summed E-state index contributed by atoms with van der Waals surface area (Å²) >= 11 is 0. The number of fused-ring (bicyclic) bond motifs is 1. The summed E-state index contributed by atoms with van der Waals surface area (Å²) in [5.74, 6) is -0.543. The van der Waals surface area contributed by atoms with Crippen molar-refractivity contribution in [2.24, 2.45) is 0 Å². The Bertz CT molecular complexity index is 1170. The third kappa shape index (κ3) is 4.79. The lowest BCUT2D eigenvalue weighted by Gasteiger charge is -2.57. The van der Waals surface area contributed by atoms with Crippen LogP contribution in [0.5, 0.6) is 0 Å². The number of amides is 2. The van der Waals surface area contributed by atoms with E-state index in [2.05, 4.69) is 10.2 Å². The third-order valence-corrected chi connectivity index (χ3v) is 7.23. The highest BCUT2D eigenvalue weighted by atomic mass is 19.1. The molecule has 2 N–H and O–H groups in total. The number of aliphatic hydroxyl groups is 1. The van der Waals surface area contributed by atoms with Crippen LogP contribution >= 0.6 is 0 Å². The second-order valence-corrected chi connectivity index (χ2v) is 9.27. The minimum Gasteiger partial charge on any atom is -0.395 e. The van der Waals surface area contributed by atoms with E-state index in [1.54, 1.807) is 24.3 Å². The number of benzene rings is 3. The van der Waals surface area contributed by atoms with Crippen molar-refractivity contribution in [3.05, 3.63) is 90.0 Å². The Kier molecular flexibility index (Phi) is 6.79. The van der Waals surface area contributed by atoms with Gasteiger partial charge in [0.15, 0.2) is 0 Å². The van der Waals surface area contributed by atoms with Crippen molar-refractivity contribution < 1.29 is 18.7 Å². The topological polar surface area (TPSA) is 55.8 Å². The zero-order valence-electron chi connectivity index (χ0n) is 19.4. The van der Waals surface area contributed by atoms with Crippen LogP contribution in [0.1, 0.15) is 24.3 Å². The molecule has 2 fully saturated rings. The number of anilines is 1. The summed E-state index contributed by atoms with van der Waals surface area (Å²) < 4.78 is 27.5. The Labute approximate surface area is 204 Å². The van der Waals surface area contributed by atoms with E-state index in [9.17, 15) is 18.7 Å². The lowest BCUT2D eigenvalue weighted by Crippen LogP contribution is -2.68. The molecule has 35 heavy (non-hydrogen) atoms. The molecule has 2 saturated heterocycles. The van der Waals surface area contributed by atoms with Crippen LogP contribution in [-0.2, 0) is 0 Å². The van der Waals surface area contributed by atoms with Gasteiger partial charge in [0, 0.05) is 42.3 Å². The van der Waals surface area contributed by atoms with E-state index in [0.29, 0.717) is 24.3 Å². The quantitative estimate of drug-likeness (QED) is 0.551. The van der Waals surface area contributed by atoms with E-state index < -0.39 is 0 Å². The molecule has 2 amide bonds. The number of nitrogens with zero attached hydrogens (tertiary/aromatic N) is 2. The van der Waals surface area contributed by atoms with Crippen molar-refractivity contribution in [2.75, 3.05) is 31.6 Å². The number of carbonyl (C=O) groups excluding carboxylic acids is 1. The van der Waals surface area contributed by atoms with Crippen LogP contribution in [0.3, 0.4) is 0 Å². The highest BCUT2D eigenvalue weighted by Crippen LogP contribution is 2.42. The molecule has 3 aromatic rings. The molecule has 2 aliphatic heterocycles. The predicted octanol–water partition coefficient (Wildman–Crippen LogP) is 5.09. The maximum absolute atomic E-state index is 14.2. The fourth-order valence-corrected chi connectivity index (χ4v) is 5.44. The number of urea groups is 1. The Morgan fingerprint density at radius 2 is 1.66 bits per heavy atom. The summed E-state index contributed by atoms with van der Waals surface area (Å²) in [5, 5.41) is 13.0. The van der Waals surface area contributed by atoms with Crippen LogP contribution in [0.25, 0.3) is 11.1 Å². The Morgan fingerprint density at radius 3 is 2.37 bits per heavy atom. The molecule has 5 rings (SSSR count). The van der Waals surface area contributed by atoms with Crippen molar-refractivity contribution >= 4 is 11.7 Å². The molecule has 0 bridgehead atoms. The molecule has 0 aliphatic carbocycles.